The maximum Gasteiger partial charge on any atom is 0.306 e. The van der Waals surface area contributed by atoms with Crippen LogP contribution in [0.4, 0.5) is 0 Å². The molecule has 0 aliphatic rings. The van der Waals surface area contributed by atoms with Crippen LogP contribution in [-0.2, 0) is 14.3 Å². The molecule has 34 heavy (non-hydrogen) atoms. The lowest BCUT2D eigenvalue weighted by molar-refractivity contribution is -0.150. The SMILES string of the molecule is CCCCCCCCCCCCCCCCCC(CCCCCCCC(=O)O)OC(=O)CCC. The summed E-state index contributed by atoms with van der Waals surface area (Å²) >= 11 is 0. The van der Waals surface area contributed by atoms with Crippen LogP contribution in [0.2, 0.25) is 0 Å². The van der Waals surface area contributed by atoms with E-state index in [1.165, 1.54) is 89.9 Å². The number of esters is 1. The highest BCUT2D eigenvalue weighted by Gasteiger charge is 2.13. The van der Waals surface area contributed by atoms with E-state index in [4.69, 9.17) is 9.84 Å². The smallest absolute Gasteiger partial charge is 0.306 e. The molecule has 0 saturated carbocycles. The third kappa shape index (κ3) is 25.6. The second-order valence-electron chi connectivity index (χ2n) is 10.3. The highest BCUT2D eigenvalue weighted by molar-refractivity contribution is 5.69. The summed E-state index contributed by atoms with van der Waals surface area (Å²) in [5.41, 5.74) is 0. The molecule has 0 bridgehead atoms. The van der Waals surface area contributed by atoms with Crippen LogP contribution in [0, 0.1) is 0 Å². The van der Waals surface area contributed by atoms with Crippen molar-refractivity contribution < 1.29 is 19.4 Å². The summed E-state index contributed by atoms with van der Waals surface area (Å²) in [5.74, 6) is -0.749. The Bertz CT molecular complexity index is 449. The number of unbranched alkanes of at least 4 members (excludes halogenated alkanes) is 18. The largest absolute Gasteiger partial charge is 0.481 e. The Morgan fingerprint density at radius 3 is 1.29 bits per heavy atom. The lowest BCUT2D eigenvalue weighted by Crippen LogP contribution is -2.18. The standard InChI is InChI=1S/C30H58O4/c1-3-5-6-7-8-9-10-11-12-13-14-15-16-18-21-25-28(34-30(33)24-4-2)26-22-19-17-20-23-27-29(31)32/h28H,3-27H2,1-2H3,(H,31,32). The number of hydrogen-bond acceptors (Lipinski definition) is 3. The van der Waals surface area contributed by atoms with Gasteiger partial charge in [0.1, 0.15) is 6.10 Å². The van der Waals surface area contributed by atoms with Gasteiger partial charge in [-0.3, -0.25) is 9.59 Å². The molecule has 1 unspecified atom stereocenters. The fourth-order valence-corrected chi connectivity index (χ4v) is 4.63. The molecule has 0 aromatic rings. The number of aliphatic carboxylic acids is 1. The number of carbonyl (C=O) groups excluding carboxylic acids is 1. The molecule has 202 valence electrons. The molecule has 0 aromatic heterocycles. The number of rotatable bonds is 27. The van der Waals surface area contributed by atoms with E-state index in [-0.39, 0.29) is 18.5 Å². The first-order valence-electron chi connectivity index (χ1n) is 15.0. The Morgan fingerprint density at radius 2 is 0.912 bits per heavy atom. The molecule has 0 aromatic carbocycles. The fourth-order valence-electron chi connectivity index (χ4n) is 4.63. The summed E-state index contributed by atoms with van der Waals surface area (Å²) in [6, 6.07) is 0. The van der Waals surface area contributed by atoms with Crippen LogP contribution in [0.3, 0.4) is 0 Å². The molecule has 0 rings (SSSR count). The average Bonchev–Trinajstić information content (AvgIpc) is 2.80. The number of carboxylic acids is 1. The van der Waals surface area contributed by atoms with E-state index < -0.39 is 5.97 Å². The second kappa shape index (κ2) is 26.5. The van der Waals surface area contributed by atoms with Gasteiger partial charge in [-0.1, -0.05) is 123 Å². The summed E-state index contributed by atoms with van der Waals surface area (Å²) in [5, 5.41) is 8.70. The molecule has 0 radical (unpaired) electrons. The van der Waals surface area contributed by atoms with Crippen molar-refractivity contribution in [3.8, 4) is 0 Å². The Morgan fingerprint density at radius 1 is 0.529 bits per heavy atom. The van der Waals surface area contributed by atoms with Crippen LogP contribution < -0.4 is 0 Å². The molecule has 0 aliphatic heterocycles. The molecule has 0 fully saturated rings. The van der Waals surface area contributed by atoms with Gasteiger partial charge < -0.3 is 9.84 Å². The molecule has 1 N–H and O–H groups in total. The van der Waals surface area contributed by atoms with Crippen LogP contribution in [0.15, 0.2) is 0 Å². The van der Waals surface area contributed by atoms with Crippen LogP contribution in [0.5, 0.6) is 0 Å². The molecular formula is C30H58O4. The van der Waals surface area contributed by atoms with Gasteiger partial charge >= 0.3 is 11.9 Å². The van der Waals surface area contributed by atoms with Crippen LogP contribution in [0.1, 0.15) is 174 Å². The van der Waals surface area contributed by atoms with Crippen molar-refractivity contribution in [2.45, 2.75) is 180 Å². The molecule has 0 saturated heterocycles. The average molecular weight is 483 g/mol. The van der Waals surface area contributed by atoms with Gasteiger partial charge in [0.15, 0.2) is 0 Å². The van der Waals surface area contributed by atoms with E-state index >= 15 is 0 Å². The zero-order chi connectivity index (χ0) is 25.1. The fraction of sp³-hybridized carbons (Fsp3) is 0.933. The number of carbonyl (C=O) groups is 2. The highest BCUT2D eigenvalue weighted by Crippen LogP contribution is 2.18. The lowest BCUT2D eigenvalue weighted by Gasteiger charge is -2.18. The molecule has 4 heteroatoms. The van der Waals surface area contributed by atoms with Crippen molar-refractivity contribution >= 4 is 11.9 Å². The summed E-state index contributed by atoms with van der Waals surface area (Å²) < 4.78 is 5.75. The topological polar surface area (TPSA) is 63.6 Å². The Hall–Kier alpha value is -1.06. The van der Waals surface area contributed by atoms with Gasteiger partial charge in [0.2, 0.25) is 0 Å². The van der Waals surface area contributed by atoms with Crippen LogP contribution >= 0.6 is 0 Å². The minimum Gasteiger partial charge on any atom is -0.481 e. The zero-order valence-electron chi connectivity index (χ0n) is 22.9. The first-order valence-corrected chi connectivity index (χ1v) is 15.0. The van der Waals surface area contributed by atoms with E-state index in [9.17, 15) is 9.59 Å². The van der Waals surface area contributed by atoms with Crippen molar-refractivity contribution in [2.75, 3.05) is 0 Å². The predicted octanol–water partition coefficient (Wildman–Crippen LogP) is 9.78. The van der Waals surface area contributed by atoms with E-state index in [2.05, 4.69) is 6.92 Å². The second-order valence-corrected chi connectivity index (χ2v) is 10.3. The Balaban J connectivity index is 3.69. The van der Waals surface area contributed by atoms with Crippen LogP contribution in [-0.4, -0.2) is 23.1 Å². The normalized spacial score (nSPS) is 12.1. The van der Waals surface area contributed by atoms with Crippen molar-refractivity contribution in [3.05, 3.63) is 0 Å². The molecule has 0 spiro atoms. The third-order valence-corrected chi connectivity index (χ3v) is 6.80. The van der Waals surface area contributed by atoms with Crippen molar-refractivity contribution in [1.82, 2.24) is 0 Å². The van der Waals surface area contributed by atoms with Gasteiger partial charge in [-0.15, -0.1) is 0 Å². The van der Waals surface area contributed by atoms with E-state index in [0.717, 1.165) is 57.8 Å². The minimum atomic E-state index is -0.702. The van der Waals surface area contributed by atoms with E-state index in [0.29, 0.717) is 6.42 Å². The molecule has 0 aliphatic carbocycles. The highest BCUT2D eigenvalue weighted by atomic mass is 16.5. The summed E-state index contributed by atoms with van der Waals surface area (Å²) in [6.07, 6.45) is 29.1. The third-order valence-electron chi connectivity index (χ3n) is 6.80. The summed E-state index contributed by atoms with van der Waals surface area (Å²) in [4.78, 5) is 22.5. The zero-order valence-corrected chi connectivity index (χ0v) is 22.9. The Labute approximate surface area is 212 Å². The maximum atomic E-state index is 12.0. The van der Waals surface area contributed by atoms with Crippen molar-refractivity contribution in [2.24, 2.45) is 0 Å². The first-order chi connectivity index (χ1) is 16.6. The van der Waals surface area contributed by atoms with Gasteiger partial charge in [-0.25, -0.2) is 0 Å². The minimum absolute atomic E-state index is 0.0464. The summed E-state index contributed by atoms with van der Waals surface area (Å²) in [6.45, 7) is 4.29. The Kier molecular flexibility index (Phi) is 25.7. The first kappa shape index (κ1) is 32.9. The summed E-state index contributed by atoms with van der Waals surface area (Å²) in [7, 11) is 0. The molecule has 4 nitrogen and oxygen atoms in total. The van der Waals surface area contributed by atoms with Gasteiger partial charge in [0, 0.05) is 12.8 Å². The lowest BCUT2D eigenvalue weighted by atomic mass is 10.0. The van der Waals surface area contributed by atoms with Gasteiger partial charge in [0.05, 0.1) is 0 Å². The van der Waals surface area contributed by atoms with Crippen LogP contribution in [0.25, 0.3) is 0 Å². The molecular weight excluding hydrogens is 424 g/mol. The predicted molar refractivity (Wildman–Crippen MR) is 144 cm³/mol. The van der Waals surface area contributed by atoms with Crippen molar-refractivity contribution in [3.63, 3.8) is 0 Å². The van der Waals surface area contributed by atoms with Gasteiger partial charge in [-0.05, 0) is 38.5 Å². The monoisotopic (exact) mass is 482 g/mol. The van der Waals surface area contributed by atoms with Gasteiger partial charge in [-0.2, -0.15) is 0 Å². The maximum absolute atomic E-state index is 12.0. The number of carboxylic acid groups (broad SMARTS) is 1. The van der Waals surface area contributed by atoms with Crippen molar-refractivity contribution in [1.29, 1.82) is 0 Å². The quantitative estimate of drug-likeness (QED) is 0.0934. The number of hydrogen-bond donors (Lipinski definition) is 1. The van der Waals surface area contributed by atoms with E-state index in [1.54, 1.807) is 0 Å². The van der Waals surface area contributed by atoms with E-state index in [1.807, 2.05) is 6.92 Å². The molecule has 1 atom stereocenters. The molecule has 0 heterocycles. The number of ether oxygens (including phenoxy) is 1. The molecule has 0 amide bonds. The van der Waals surface area contributed by atoms with Gasteiger partial charge in [0.25, 0.3) is 0 Å².